The van der Waals surface area contributed by atoms with E-state index in [9.17, 15) is 0 Å². The molecule has 68 valence electrons. The summed E-state index contributed by atoms with van der Waals surface area (Å²) in [5.41, 5.74) is 2.31. The van der Waals surface area contributed by atoms with Crippen LogP contribution in [0.15, 0.2) is 46.0 Å². The minimum atomic E-state index is 0.821. The Kier molecular flexibility index (Phi) is 2.48. The molecule has 0 aliphatic heterocycles. The van der Waals surface area contributed by atoms with Crippen molar-refractivity contribution in [1.29, 1.82) is 0 Å². The molecule has 3 heteroatoms. The van der Waals surface area contributed by atoms with Gasteiger partial charge in [0.25, 0.3) is 0 Å². The second-order valence-corrected chi connectivity index (χ2v) is 2.87. The van der Waals surface area contributed by atoms with Gasteiger partial charge in [0, 0.05) is 24.2 Å². The zero-order valence-corrected chi connectivity index (χ0v) is 7.19. The van der Waals surface area contributed by atoms with Gasteiger partial charge in [0.15, 0.2) is 0 Å². The normalized spacial score (nSPS) is 10.5. The Bertz CT molecular complexity index is 289. The van der Waals surface area contributed by atoms with E-state index in [0.29, 0.717) is 0 Å². The van der Waals surface area contributed by atoms with Crippen molar-refractivity contribution in [3.8, 4) is 0 Å². The highest BCUT2D eigenvalue weighted by Gasteiger charge is 1.95. The average Bonchev–Trinajstić information content (AvgIpc) is 2.75. The van der Waals surface area contributed by atoms with Crippen LogP contribution in [0.1, 0.15) is 11.1 Å². The van der Waals surface area contributed by atoms with Gasteiger partial charge in [0.05, 0.1) is 25.1 Å². The highest BCUT2D eigenvalue weighted by Crippen LogP contribution is 2.01. The Balaban J connectivity index is 1.76. The van der Waals surface area contributed by atoms with E-state index in [2.05, 4.69) is 5.32 Å². The van der Waals surface area contributed by atoms with Gasteiger partial charge in [-0.3, -0.25) is 0 Å². The van der Waals surface area contributed by atoms with Gasteiger partial charge in [-0.2, -0.15) is 0 Å². The molecule has 0 aliphatic carbocycles. The van der Waals surface area contributed by atoms with Gasteiger partial charge in [-0.25, -0.2) is 0 Å². The third-order valence-electron chi connectivity index (χ3n) is 1.82. The molecule has 1 N–H and O–H groups in total. The third kappa shape index (κ3) is 2.23. The molecule has 0 bridgehead atoms. The number of furan rings is 2. The first-order valence-electron chi connectivity index (χ1n) is 4.18. The fourth-order valence-electron chi connectivity index (χ4n) is 1.14. The SMILES string of the molecule is c1cc(CNCc2ccoc2)co1. The zero-order valence-electron chi connectivity index (χ0n) is 7.19. The van der Waals surface area contributed by atoms with Crippen LogP contribution in [0.3, 0.4) is 0 Å². The van der Waals surface area contributed by atoms with Crippen LogP contribution < -0.4 is 5.32 Å². The van der Waals surface area contributed by atoms with E-state index in [-0.39, 0.29) is 0 Å². The van der Waals surface area contributed by atoms with E-state index in [1.165, 1.54) is 0 Å². The molecule has 0 radical (unpaired) electrons. The topological polar surface area (TPSA) is 38.3 Å². The molecule has 2 aromatic rings. The lowest BCUT2D eigenvalue weighted by atomic mass is 10.3. The lowest BCUT2D eigenvalue weighted by Crippen LogP contribution is -2.11. The summed E-state index contributed by atoms with van der Waals surface area (Å²) in [6.45, 7) is 1.64. The molecule has 0 aromatic carbocycles. The Labute approximate surface area is 76.4 Å². The Morgan fingerprint density at radius 2 is 1.46 bits per heavy atom. The first kappa shape index (κ1) is 8.13. The largest absolute Gasteiger partial charge is 0.472 e. The molecule has 2 aromatic heterocycles. The van der Waals surface area contributed by atoms with Crippen LogP contribution in [0.5, 0.6) is 0 Å². The van der Waals surface area contributed by atoms with Crippen molar-refractivity contribution in [3.63, 3.8) is 0 Å². The molecule has 0 fully saturated rings. The van der Waals surface area contributed by atoms with Crippen molar-refractivity contribution in [3.05, 3.63) is 48.3 Å². The molecule has 0 amide bonds. The van der Waals surface area contributed by atoms with E-state index < -0.39 is 0 Å². The van der Waals surface area contributed by atoms with Crippen LogP contribution in [0.2, 0.25) is 0 Å². The molecule has 0 saturated carbocycles. The van der Waals surface area contributed by atoms with E-state index in [1.807, 2.05) is 12.1 Å². The molecule has 0 saturated heterocycles. The minimum Gasteiger partial charge on any atom is -0.472 e. The summed E-state index contributed by atoms with van der Waals surface area (Å²) in [4.78, 5) is 0. The van der Waals surface area contributed by atoms with Gasteiger partial charge in [-0.15, -0.1) is 0 Å². The molecular formula is C10H11NO2. The monoisotopic (exact) mass is 177 g/mol. The Morgan fingerprint density at radius 1 is 0.923 bits per heavy atom. The Hall–Kier alpha value is -1.48. The summed E-state index contributed by atoms with van der Waals surface area (Å²) in [6.07, 6.45) is 6.83. The Morgan fingerprint density at radius 3 is 1.85 bits per heavy atom. The third-order valence-corrected chi connectivity index (χ3v) is 1.82. The van der Waals surface area contributed by atoms with Crippen LogP contribution in [-0.2, 0) is 13.1 Å². The van der Waals surface area contributed by atoms with Crippen molar-refractivity contribution in [2.75, 3.05) is 0 Å². The molecule has 0 atom stereocenters. The zero-order chi connectivity index (χ0) is 8.93. The van der Waals surface area contributed by atoms with Gasteiger partial charge in [-0.05, 0) is 12.1 Å². The standard InChI is InChI=1S/C10H11NO2/c1-3-12-7-9(1)5-11-6-10-2-4-13-8-10/h1-4,7-8,11H,5-6H2. The maximum atomic E-state index is 4.94. The number of hydrogen-bond acceptors (Lipinski definition) is 3. The van der Waals surface area contributed by atoms with Crippen molar-refractivity contribution < 1.29 is 8.83 Å². The fourth-order valence-corrected chi connectivity index (χ4v) is 1.14. The average molecular weight is 177 g/mol. The van der Waals surface area contributed by atoms with Gasteiger partial charge >= 0.3 is 0 Å². The molecule has 13 heavy (non-hydrogen) atoms. The predicted molar refractivity (Wildman–Crippen MR) is 48.0 cm³/mol. The van der Waals surface area contributed by atoms with E-state index in [4.69, 9.17) is 8.83 Å². The summed E-state index contributed by atoms with van der Waals surface area (Å²) in [6, 6.07) is 3.89. The lowest BCUT2D eigenvalue weighted by Gasteiger charge is -1.98. The summed E-state index contributed by atoms with van der Waals surface area (Å²) in [5, 5.41) is 3.27. The summed E-state index contributed by atoms with van der Waals surface area (Å²) >= 11 is 0. The molecule has 3 nitrogen and oxygen atoms in total. The maximum Gasteiger partial charge on any atom is 0.0947 e. The van der Waals surface area contributed by atoms with Gasteiger partial charge in [0.2, 0.25) is 0 Å². The van der Waals surface area contributed by atoms with Gasteiger partial charge in [0.1, 0.15) is 0 Å². The number of rotatable bonds is 4. The van der Waals surface area contributed by atoms with Crippen LogP contribution in [0.25, 0.3) is 0 Å². The van der Waals surface area contributed by atoms with Gasteiger partial charge in [-0.1, -0.05) is 0 Å². The van der Waals surface area contributed by atoms with Crippen LogP contribution in [0.4, 0.5) is 0 Å². The van der Waals surface area contributed by atoms with Crippen LogP contribution in [-0.4, -0.2) is 0 Å². The van der Waals surface area contributed by atoms with Crippen LogP contribution in [0, 0.1) is 0 Å². The predicted octanol–water partition coefficient (Wildman–Crippen LogP) is 2.16. The van der Waals surface area contributed by atoms with Crippen molar-refractivity contribution in [1.82, 2.24) is 5.32 Å². The molecular weight excluding hydrogens is 166 g/mol. The van der Waals surface area contributed by atoms with Crippen LogP contribution >= 0.6 is 0 Å². The van der Waals surface area contributed by atoms with E-state index >= 15 is 0 Å². The molecule has 2 rings (SSSR count). The molecule has 0 aliphatic rings. The lowest BCUT2D eigenvalue weighted by molar-refractivity contribution is 0.555. The van der Waals surface area contributed by atoms with E-state index in [1.54, 1.807) is 25.1 Å². The van der Waals surface area contributed by atoms with Crippen molar-refractivity contribution in [2.24, 2.45) is 0 Å². The first-order chi connectivity index (χ1) is 6.45. The highest BCUT2D eigenvalue weighted by atomic mass is 16.3. The minimum absolute atomic E-state index is 0.821. The van der Waals surface area contributed by atoms with Gasteiger partial charge < -0.3 is 14.2 Å². The first-order valence-corrected chi connectivity index (χ1v) is 4.18. The maximum absolute atomic E-state index is 4.94. The second kappa shape index (κ2) is 3.96. The molecule has 0 unspecified atom stereocenters. The highest BCUT2D eigenvalue weighted by molar-refractivity contribution is 5.07. The van der Waals surface area contributed by atoms with Crippen molar-refractivity contribution in [2.45, 2.75) is 13.1 Å². The summed E-state index contributed by atoms with van der Waals surface area (Å²) < 4.78 is 9.89. The molecule has 2 heterocycles. The van der Waals surface area contributed by atoms with E-state index in [0.717, 1.165) is 24.2 Å². The fraction of sp³-hybridized carbons (Fsp3) is 0.200. The van der Waals surface area contributed by atoms with Crippen molar-refractivity contribution >= 4 is 0 Å². The smallest absolute Gasteiger partial charge is 0.0947 e. The molecule has 0 spiro atoms. The quantitative estimate of drug-likeness (QED) is 0.777. The number of nitrogens with one attached hydrogen (secondary N) is 1. The summed E-state index contributed by atoms with van der Waals surface area (Å²) in [7, 11) is 0. The summed E-state index contributed by atoms with van der Waals surface area (Å²) in [5.74, 6) is 0. The second-order valence-electron chi connectivity index (χ2n) is 2.87. The number of hydrogen-bond donors (Lipinski definition) is 1.